The average molecular weight is 977 g/mol. The van der Waals surface area contributed by atoms with E-state index in [2.05, 4.69) is 44.9 Å². The van der Waals surface area contributed by atoms with Crippen LogP contribution in [0.5, 0.6) is 17.2 Å². The molecule has 16 heteroatoms. The molecule has 0 spiro atoms. The van der Waals surface area contributed by atoms with Crippen molar-refractivity contribution in [3.05, 3.63) is 101 Å². The largest absolute Gasteiger partial charge is 1.00 e. The monoisotopic (exact) mass is 975 g/mol. The Kier molecular flexibility index (Phi) is 55.6. The van der Waals surface area contributed by atoms with Gasteiger partial charge in [-0.3, -0.25) is 4.39 Å². The lowest BCUT2D eigenvalue weighted by atomic mass is 10.0. The molecule has 65 heavy (non-hydrogen) atoms. The Hall–Kier alpha value is -4.60. The maximum Gasteiger partial charge on any atom is 0.323 e. The molecule has 4 N–H and O–H groups in total. The number of aromatic hydroxyl groups is 2. The lowest BCUT2D eigenvalue weighted by Crippen LogP contribution is -3.00. The maximum atomic E-state index is 10.0. The number of phenols is 2. The number of halogens is 4. The summed E-state index contributed by atoms with van der Waals surface area (Å²) in [6, 6.07) is 20.5. The molecule has 3 aromatic rings. The fourth-order valence-electron chi connectivity index (χ4n) is 5.55. The molecule has 1 heterocycles. The third-order valence-electron chi connectivity index (χ3n) is 8.31. The Morgan fingerprint density at radius 3 is 1.55 bits per heavy atom. The summed E-state index contributed by atoms with van der Waals surface area (Å²) in [5.41, 5.74) is 6.36. The number of aryl methyl sites for hydroxylation is 1. The molecule has 4 rings (SSSR count). The first kappa shape index (κ1) is 69.4. The molecule has 0 aromatic heterocycles. The van der Waals surface area contributed by atoms with Crippen LogP contribution in [-0.2, 0) is 48.0 Å². The zero-order valence-electron chi connectivity index (χ0n) is 41.3. The second kappa shape index (κ2) is 52.0. The van der Waals surface area contributed by atoms with Gasteiger partial charge >= 0.3 is 12.8 Å². The smallest absolute Gasteiger partial charge is 0.323 e. The Bertz CT molecular complexity index is 1720. The highest BCUT2D eigenvalue weighted by molar-refractivity contribution is 6.18. The summed E-state index contributed by atoms with van der Waals surface area (Å²) in [7, 11) is 6.64. The highest BCUT2D eigenvalue weighted by atomic mass is 35.5. The first-order valence-electron chi connectivity index (χ1n) is 21.5. The molecular formula is C49H79Cl3FN5O7. The number of alkyl halides is 2. The lowest BCUT2D eigenvalue weighted by molar-refractivity contribution is -0.468. The standard InChI is InChI=1S/C16H25N2O3.C10H11ClO.C10H14O3.C6H15N.2C2H3N.C2H4.CH3F.2ClH/c1-17(2)12-20-10-8-14-6-5-7-16(19)15(14)9-11-21-13-18(3)4;11-6-4-8-2-1-3-10-9(8)5-7-12-10;11-6-4-8-2-1-3-10(13)9(8)5-7-12;1-4-7(5-2)6-3;2*1-2-3;2*1-2;;/h5-7,12-13H,8-11H2,1-4H3;1-3H,4-7H2;1-3,11-13H,4-7H2;4-6H2,1-3H3;2*1H3;1-2H2;1H3;2*1H/q+1;;;;;;;;;/p-1/i;;;;;;;1D;;. The van der Waals surface area contributed by atoms with Gasteiger partial charge in [0.05, 0.1) is 40.5 Å². The molecule has 0 aliphatic carbocycles. The Morgan fingerprint density at radius 2 is 1.15 bits per heavy atom. The lowest BCUT2D eigenvalue weighted by Gasteiger charge is -2.13. The Morgan fingerprint density at radius 1 is 0.754 bits per heavy atom. The molecule has 0 saturated carbocycles. The normalized spacial score (nSPS) is 9.57. The van der Waals surface area contributed by atoms with E-state index in [-0.39, 0.29) is 43.8 Å². The highest BCUT2D eigenvalue weighted by Gasteiger charge is 2.14. The summed E-state index contributed by atoms with van der Waals surface area (Å²) in [6.07, 6.45) is 7.71. The number of nitriles is 2. The molecule has 0 fully saturated rings. The van der Waals surface area contributed by atoms with Gasteiger partial charge in [0.1, 0.15) is 45.4 Å². The summed E-state index contributed by atoms with van der Waals surface area (Å²) in [4.78, 5) is 2.38. The second-order valence-electron chi connectivity index (χ2n) is 13.2. The van der Waals surface area contributed by atoms with E-state index in [1.807, 2.05) is 67.7 Å². The van der Waals surface area contributed by atoms with Gasteiger partial charge in [0.15, 0.2) is 0 Å². The Balaban J connectivity index is -0.000000175. The van der Waals surface area contributed by atoms with E-state index in [4.69, 9.17) is 47.9 Å². The molecule has 370 valence electrons. The molecule has 0 atom stereocenters. The van der Waals surface area contributed by atoms with Crippen molar-refractivity contribution in [2.24, 2.45) is 0 Å². The summed E-state index contributed by atoms with van der Waals surface area (Å²) in [6.45, 7) is 21.0. The van der Waals surface area contributed by atoms with E-state index in [1.165, 1.54) is 44.6 Å². The molecule has 0 saturated heterocycles. The first-order chi connectivity index (χ1) is 30.8. The molecule has 0 bridgehead atoms. The summed E-state index contributed by atoms with van der Waals surface area (Å²) < 4.78 is 35.5. The van der Waals surface area contributed by atoms with Crippen LogP contribution in [0, 0.1) is 22.7 Å². The van der Waals surface area contributed by atoms with Crippen LogP contribution in [0.4, 0.5) is 4.39 Å². The number of aliphatic hydroxyl groups excluding tert-OH is 2. The second-order valence-corrected chi connectivity index (χ2v) is 13.5. The van der Waals surface area contributed by atoms with Crippen molar-refractivity contribution in [1.82, 2.24) is 4.90 Å². The minimum absolute atomic E-state index is 0. The highest BCUT2D eigenvalue weighted by Crippen LogP contribution is 2.28. The van der Waals surface area contributed by atoms with Crippen LogP contribution in [-0.4, -0.2) is 141 Å². The molecular weight excluding hydrogens is 896 g/mol. The van der Waals surface area contributed by atoms with Crippen molar-refractivity contribution in [2.75, 3.05) is 93.9 Å². The van der Waals surface area contributed by atoms with E-state index < -0.39 is 7.15 Å². The predicted molar refractivity (Wildman–Crippen MR) is 258 cm³/mol. The number of rotatable bonds is 17. The number of phenolic OH excluding ortho intramolecular Hbond substituents is 2. The van der Waals surface area contributed by atoms with E-state index in [0.717, 1.165) is 53.9 Å². The van der Waals surface area contributed by atoms with Crippen molar-refractivity contribution < 1.29 is 74.4 Å². The van der Waals surface area contributed by atoms with Crippen molar-refractivity contribution in [1.29, 1.82) is 10.5 Å². The molecule has 0 amide bonds. The topological polar surface area (TPSA) is 165 Å². The molecule has 1 aliphatic rings. The predicted octanol–water partition coefficient (Wildman–Crippen LogP) is 1.78. The van der Waals surface area contributed by atoms with Crippen LogP contribution in [0.15, 0.2) is 67.8 Å². The molecule has 0 radical (unpaired) electrons. The van der Waals surface area contributed by atoms with Gasteiger partial charge in [0, 0.05) is 63.3 Å². The molecule has 12 nitrogen and oxygen atoms in total. The molecule has 3 aromatic carbocycles. The minimum atomic E-state index is -1.00. The zero-order chi connectivity index (χ0) is 49.6. The van der Waals surface area contributed by atoms with Gasteiger partial charge in [-0.05, 0) is 79.3 Å². The number of ether oxygens (including phenoxy) is 3. The minimum Gasteiger partial charge on any atom is -1.00 e. The third kappa shape index (κ3) is 37.3. The number of aliphatic hydroxyl groups is 2. The van der Waals surface area contributed by atoms with Crippen LogP contribution in [0.25, 0.3) is 0 Å². The number of hydrogen-bond donors (Lipinski definition) is 4. The van der Waals surface area contributed by atoms with Gasteiger partial charge in [-0.1, -0.05) is 57.2 Å². The summed E-state index contributed by atoms with van der Waals surface area (Å²) in [5, 5.41) is 51.6. The maximum absolute atomic E-state index is 10.0. The van der Waals surface area contributed by atoms with Crippen LogP contribution in [0.3, 0.4) is 0 Å². The van der Waals surface area contributed by atoms with E-state index >= 15 is 0 Å². The van der Waals surface area contributed by atoms with Gasteiger partial charge in [-0.25, -0.2) is 9.15 Å². The fraction of sp³-hybridized carbons (Fsp3) is 0.510. The summed E-state index contributed by atoms with van der Waals surface area (Å²) >= 11 is 5.70. The van der Waals surface area contributed by atoms with Gasteiger partial charge in [-0.2, -0.15) is 10.5 Å². The Labute approximate surface area is 410 Å². The van der Waals surface area contributed by atoms with E-state index in [1.54, 1.807) is 43.1 Å². The van der Waals surface area contributed by atoms with E-state index in [0.29, 0.717) is 44.1 Å². The number of benzene rings is 3. The fourth-order valence-corrected chi connectivity index (χ4v) is 5.76. The van der Waals surface area contributed by atoms with Crippen molar-refractivity contribution in [3.8, 4) is 29.4 Å². The molecule has 1 aliphatic heterocycles. The number of nitrogens with zero attached hydrogens (tertiary/aromatic N) is 5. The molecule has 0 unspecified atom stereocenters. The summed E-state index contributed by atoms with van der Waals surface area (Å²) in [5.74, 6) is 2.26. The third-order valence-corrected chi connectivity index (χ3v) is 8.50. The van der Waals surface area contributed by atoms with Gasteiger partial charge in [0.25, 0.3) is 0 Å². The van der Waals surface area contributed by atoms with Gasteiger partial charge in [0.2, 0.25) is 0 Å². The van der Waals surface area contributed by atoms with Crippen LogP contribution < -0.4 is 29.6 Å². The van der Waals surface area contributed by atoms with Crippen molar-refractivity contribution >= 4 is 24.4 Å². The van der Waals surface area contributed by atoms with Gasteiger partial charge in [-0.15, -0.1) is 24.8 Å². The van der Waals surface area contributed by atoms with Crippen LogP contribution >= 0.6 is 11.6 Å². The number of fused-ring (bicyclic) bond motifs is 1. The van der Waals surface area contributed by atoms with Crippen molar-refractivity contribution in [2.45, 2.75) is 73.1 Å². The van der Waals surface area contributed by atoms with Crippen LogP contribution in [0.2, 0.25) is 0 Å². The van der Waals surface area contributed by atoms with Gasteiger partial charge < -0.3 is 64.4 Å². The van der Waals surface area contributed by atoms with Crippen LogP contribution in [0.1, 0.15) is 69.4 Å². The quantitative estimate of drug-likeness (QED) is 0.0392. The number of hydrogen-bond acceptors (Lipinski definition) is 10. The zero-order valence-corrected chi connectivity index (χ0v) is 42.6. The SMILES string of the molecule is C=C.CC#N.CC#N.CCN(CC)CC.C[N+](C)=COCCc1cccc(O)c1CCOC=[N+](C)C.ClCCc1cccc2c1CCO2.OCCc1cccc(O)c1CCO.[2H]CF.[Cl-].[Cl-]. The van der Waals surface area contributed by atoms with E-state index in [9.17, 15) is 14.6 Å². The first-order valence-corrected chi connectivity index (χ1v) is 21.4. The average Bonchev–Trinajstić information content (AvgIpc) is 3.76. The van der Waals surface area contributed by atoms with Crippen molar-refractivity contribution in [3.63, 3.8) is 0 Å².